The quantitative estimate of drug-likeness (QED) is 0.420. The van der Waals surface area contributed by atoms with Crippen molar-refractivity contribution in [2.75, 3.05) is 6.26 Å². The smallest absolute Gasteiger partial charge is 0.0869 e. The maximum absolute atomic E-state index is 6.62. The zero-order valence-corrected chi connectivity index (χ0v) is 18.2. The Morgan fingerprint density at radius 2 is 1.93 bits per heavy atom. The average Bonchev–Trinajstić information content (AvgIpc) is 2.75. The van der Waals surface area contributed by atoms with Crippen LogP contribution in [0.1, 0.15) is 36.2 Å². The van der Waals surface area contributed by atoms with E-state index in [-0.39, 0.29) is 0 Å². The van der Waals surface area contributed by atoms with Crippen LogP contribution in [-0.2, 0) is 0 Å². The van der Waals surface area contributed by atoms with E-state index in [4.69, 9.17) is 10.7 Å². The Balaban J connectivity index is 1.76. The predicted molar refractivity (Wildman–Crippen MR) is 128 cm³/mol. The number of hydrogen-bond acceptors (Lipinski definition) is 5. The normalized spacial score (nSPS) is 15.1. The molecule has 152 valence electrons. The minimum Gasteiger partial charge on any atom is -0.396 e. The van der Waals surface area contributed by atoms with E-state index < -0.39 is 0 Å². The van der Waals surface area contributed by atoms with Crippen molar-refractivity contribution >= 4 is 29.2 Å². The Labute approximate surface area is 182 Å². The van der Waals surface area contributed by atoms with E-state index in [1.807, 2.05) is 43.6 Å². The third-order valence-corrected chi connectivity index (χ3v) is 6.14. The largest absolute Gasteiger partial charge is 0.396 e. The number of thioether (sulfide) groups is 1. The Morgan fingerprint density at radius 1 is 1.13 bits per heavy atom. The van der Waals surface area contributed by atoms with Gasteiger partial charge in [0.15, 0.2) is 0 Å². The van der Waals surface area contributed by atoms with Gasteiger partial charge in [0.05, 0.1) is 17.1 Å². The van der Waals surface area contributed by atoms with Gasteiger partial charge in [0.2, 0.25) is 0 Å². The van der Waals surface area contributed by atoms with Gasteiger partial charge in [-0.3, -0.25) is 15.0 Å². The van der Waals surface area contributed by atoms with Gasteiger partial charge in [-0.1, -0.05) is 18.2 Å². The zero-order valence-electron chi connectivity index (χ0n) is 17.4. The number of nitrogens with zero attached hydrogens (tertiary/aromatic N) is 3. The first-order chi connectivity index (χ1) is 14.6. The molecule has 2 heterocycles. The summed E-state index contributed by atoms with van der Waals surface area (Å²) in [5.41, 5.74) is 12.8. The molecule has 1 aliphatic carbocycles. The van der Waals surface area contributed by atoms with E-state index in [1.54, 1.807) is 11.8 Å². The van der Waals surface area contributed by atoms with Crippen LogP contribution in [0.5, 0.6) is 0 Å². The topological polar surface area (TPSA) is 64.2 Å². The summed E-state index contributed by atoms with van der Waals surface area (Å²) in [4.78, 5) is 15.2. The van der Waals surface area contributed by atoms with Crippen LogP contribution >= 0.6 is 11.8 Å². The molecule has 0 bridgehead atoms. The fourth-order valence-corrected chi connectivity index (χ4v) is 3.77. The van der Waals surface area contributed by atoms with Crippen molar-refractivity contribution < 1.29 is 0 Å². The molecule has 2 N–H and O–H groups in total. The minimum absolute atomic E-state index is 0.402. The van der Waals surface area contributed by atoms with E-state index in [0.29, 0.717) is 11.7 Å². The second kappa shape index (κ2) is 9.26. The number of allylic oxidation sites excluding steroid dienone is 1. The molecule has 4 rings (SSSR count). The standard InChI is InChI=1S/C25H26N4S/c1-17-5-3-8-23(29-17)25(26)22(16-28-20-6-4-7-20)19-13-14-27-24(15-19)18-9-11-21(30-2)12-10-18/h3,5,8-16,20H,4,6-7,26H2,1-2H3. The monoisotopic (exact) mass is 414 g/mol. The van der Waals surface area contributed by atoms with Gasteiger partial charge < -0.3 is 5.73 Å². The highest BCUT2D eigenvalue weighted by molar-refractivity contribution is 7.98. The zero-order chi connectivity index (χ0) is 20.9. The van der Waals surface area contributed by atoms with Crippen LogP contribution < -0.4 is 5.73 Å². The molecule has 1 saturated carbocycles. The summed E-state index contributed by atoms with van der Waals surface area (Å²) in [5, 5.41) is 0. The maximum Gasteiger partial charge on any atom is 0.0869 e. The molecule has 1 aromatic carbocycles. The van der Waals surface area contributed by atoms with Gasteiger partial charge in [-0.2, -0.15) is 0 Å². The highest BCUT2D eigenvalue weighted by Crippen LogP contribution is 2.28. The van der Waals surface area contributed by atoms with Gasteiger partial charge >= 0.3 is 0 Å². The Bertz CT molecular complexity index is 1080. The summed E-state index contributed by atoms with van der Waals surface area (Å²) >= 11 is 1.73. The fraction of sp³-hybridized carbons (Fsp3) is 0.240. The van der Waals surface area contributed by atoms with Crippen molar-refractivity contribution in [1.29, 1.82) is 0 Å². The molecular weight excluding hydrogens is 388 g/mol. The number of aryl methyl sites for hydroxylation is 1. The van der Waals surface area contributed by atoms with Crippen LogP contribution in [0.4, 0.5) is 0 Å². The summed E-state index contributed by atoms with van der Waals surface area (Å²) in [6.07, 6.45) is 9.39. The first-order valence-corrected chi connectivity index (χ1v) is 11.4. The molecule has 0 atom stereocenters. The minimum atomic E-state index is 0.402. The van der Waals surface area contributed by atoms with Crippen LogP contribution in [0, 0.1) is 6.92 Å². The highest BCUT2D eigenvalue weighted by Gasteiger charge is 2.16. The van der Waals surface area contributed by atoms with Gasteiger partial charge in [0, 0.05) is 40.2 Å². The lowest BCUT2D eigenvalue weighted by molar-refractivity contribution is 0.421. The van der Waals surface area contributed by atoms with Gasteiger partial charge in [-0.15, -0.1) is 11.8 Å². The van der Waals surface area contributed by atoms with E-state index >= 15 is 0 Å². The van der Waals surface area contributed by atoms with E-state index in [9.17, 15) is 0 Å². The van der Waals surface area contributed by atoms with Gasteiger partial charge in [-0.25, -0.2) is 0 Å². The second-order valence-corrected chi connectivity index (χ2v) is 8.39. The molecule has 5 heteroatoms. The third-order valence-electron chi connectivity index (χ3n) is 5.40. The molecule has 4 nitrogen and oxygen atoms in total. The number of rotatable bonds is 6. The fourth-order valence-electron chi connectivity index (χ4n) is 3.36. The number of aromatic nitrogens is 2. The molecular formula is C25H26N4S. The van der Waals surface area contributed by atoms with Crippen LogP contribution in [0.3, 0.4) is 0 Å². The van der Waals surface area contributed by atoms with Crippen LogP contribution in [0.2, 0.25) is 0 Å². The Hall–Kier alpha value is -2.92. The Morgan fingerprint density at radius 3 is 2.60 bits per heavy atom. The lowest BCUT2D eigenvalue weighted by Gasteiger charge is -2.21. The number of nitrogens with two attached hydrogens (primary N) is 1. The van der Waals surface area contributed by atoms with Gasteiger partial charge in [-0.05, 0) is 74.4 Å². The molecule has 0 unspecified atom stereocenters. The molecule has 0 saturated heterocycles. The molecule has 0 radical (unpaired) electrons. The molecule has 3 aromatic rings. The highest BCUT2D eigenvalue weighted by atomic mass is 32.2. The summed E-state index contributed by atoms with van der Waals surface area (Å²) in [5.74, 6) is 0. The van der Waals surface area contributed by atoms with Crippen LogP contribution in [0.15, 0.2) is 70.7 Å². The lowest BCUT2D eigenvalue weighted by Crippen LogP contribution is -2.15. The number of aliphatic imine (C=N–C) groups is 1. The van der Waals surface area contributed by atoms with Crippen molar-refractivity contribution in [3.05, 3.63) is 77.7 Å². The summed E-state index contributed by atoms with van der Waals surface area (Å²) in [7, 11) is 0. The molecule has 1 aliphatic rings. The summed E-state index contributed by atoms with van der Waals surface area (Å²) in [6.45, 7) is 1.97. The first-order valence-electron chi connectivity index (χ1n) is 10.2. The molecule has 0 aliphatic heterocycles. The summed E-state index contributed by atoms with van der Waals surface area (Å²) < 4.78 is 0. The number of pyridine rings is 2. The number of hydrogen-bond donors (Lipinski definition) is 1. The van der Waals surface area contributed by atoms with E-state index in [2.05, 4.69) is 46.6 Å². The molecule has 1 fully saturated rings. The predicted octanol–water partition coefficient (Wildman–Crippen LogP) is 5.62. The maximum atomic E-state index is 6.62. The van der Waals surface area contributed by atoms with Crippen molar-refractivity contribution in [3.63, 3.8) is 0 Å². The lowest BCUT2D eigenvalue weighted by atomic mass is 9.93. The van der Waals surface area contributed by atoms with Crippen molar-refractivity contribution in [2.24, 2.45) is 10.7 Å². The van der Waals surface area contributed by atoms with E-state index in [0.717, 1.165) is 46.6 Å². The van der Waals surface area contributed by atoms with Gasteiger partial charge in [0.1, 0.15) is 0 Å². The van der Waals surface area contributed by atoms with E-state index in [1.165, 1.54) is 11.3 Å². The number of benzene rings is 1. The first kappa shape index (κ1) is 20.4. The third kappa shape index (κ3) is 4.62. The average molecular weight is 415 g/mol. The molecule has 30 heavy (non-hydrogen) atoms. The van der Waals surface area contributed by atoms with Crippen molar-refractivity contribution in [2.45, 2.75) is 37.1 Å². The van der Waals surface area contributed by atoms with Crippen molar-refractivity contribution in [3.8, 4) is 11.3 Å². The van der Waals surface area contributed by atoms with Crippen LogP contribution in [-0.4, -0.2) is 28.5 Å². The SMILES string of the molecule is CSc1ccc(-c2cc(C(C=NC3CCC3)=C(N)c3cccc(C)n3)ccn2)cc1. The molecule has 0 spiro atoms. The summed E-state index contributed by atoms with van der Waals surface area (Å²) in [6, 6.07) is 18.8. The molecule has 0 amide bonds. The Kier molecular flexibility index (Phi) is 6.29. The van der Waals surface area contributed by atoms with Crippen LogP contribution in [0.25, 0.3) is 22.5 Å². The second-order valence-electron chi connectivity index (χ2n) is 7.51. The van der Waals surface area contributed by atoms with Gasteiger partial charge in [0.25, 0.3) is 0 Å². The van der Waals surface area contributed by atoms with Crippen molar-refractivity contribution in [1.82, 2.24) is 9.97 Å². The molecule has 2 aromatic heterocycles.